The number of hydrogen-bond donors (Lipinski definition) is 1. The SMILES string of the molecule is COc1ccc2oc(-c3cn(CCN)nn3)nc2c1. The Morgan fingerprint density at radius 3 is 3.11 bits per heavy atom. The van der Waals surface area contributed by atoms with Crippen molar-refractivity contribution in [2.75, 3.05) is 13.7 Å². The smallest absolute Gasteiger partial charge is 0.249 e. The minimum atomic E-state index is 0.437. The van der Waals surface area contributed by atoms with E-state index in [1.807, 2.05) is 18.2 Å². The number of nitrogens with two attached hydrogens (primary N) is 1. The van der Waals surface area contributed by atoms with Crippen LogP contribution in [0.1, 0.15) is 0 Å². The van der Waals surface area contributed by atoms with Crippen LogP contribution in [-0.4, -0.2) is 33.6 Å². The van der Waals surface area contributed by atoms with Crippen LogP contribution in [0.15, 0.2) is 28.8 Å². The Kier molecular flexibility index (Phi) is 2.88. The Morgan fingerprint density at radius 1 is 1.42 bits per heavy atom. The molecule has 0 spiro atoms. The van der Waals surface area contributed by atoms with Crippen molar-refractivity contribution in [3.8, 4) is 17.3 Å². The first-order valence-electron chi connectivity index (χ1n) is 5.85. The number of benzene rings is 1. The summed E-state index contributed by atoms with van der Waals surface area (Å²) in [5.74, 6) is 1.17. The number of nitrogens with zero attached hydrogens (tertiary/aromatic N) is 4. The van der Waals surface area contributed by atoms with Gasteiger partial charge in [-0.2, -0.15) is 0 Å². The highest BCUT2D eigenvalue weighted by Crippen LogP contribution is 2.25. The van der Waals surface area contributed by atoms with E-state index >= 15 is 0 Å². The summed E-state index contributed by atoms with van der Waals surface area (Å²) < 4.78 is 12.4. The topological polar surface area (TPSA) is 92.0 Å². The van der Waals surface area contributed by atoms with Crippen LogP contribution in [0.3, 0.4) is 0 Å². The molecule has 0 radical (unpaired) electrons. The van der Waals surface area contributed by atoms with E-state index in [1.54, 1.807) is 18.0 Å². The Morgan fingerprint density at radius 2 is 2.32 bits per heavy atom. The van der Waals surface area contributed by atoms with Gasteiger partial charge in [0.1, 0.15) is 11.3 Å². The van der Waals surface area contributed by atoms with E-state index in [0.717, 1.165) is 11.3 Å². The van der Waals surface area contributed by atoms with Crippen molar-refractivity contribution in [2.24, 2.45) is 5.73 Å². The van der Waals surface area contributed by atoms with Gasteiger partial charge in [0.05, 0.1) is 19.9 Å². The van der Waals surface area contributed by atoms with E-state index < -0.39 is 0 Å². The van der Waals surface area contributed by atoms with Gasteiger partial charge in [0.2, 0.25) is 5.89 Å². The fraction of sp³-hybridized carbons (Fsp3) is 0.250. The van der Waals surface area contributed by atoms with E-state index in [0.29, 0.717) is 30.3 Å². The van der Waals surface area contributed by atoms with Crippen molar-refractivity contribution in [2.45, 2.75) is 6.54 Å². The molecule has 0 aliphatic heterocycles. The van der Waals surface area contributed by atoms with Crippen LogP contribution < -0.4 is 10.5 Å². The van der Waals surface area contributed by atoms with Gasteiger partial charge in [-0.15, -0.1) is 5.10 Å². The quantitative estimate of drug-likeness (QED) is 0.753. The van der Waals surface area contributed by atoms with Crippen molar-refractivity contribution in [1.82, 2.24) is 20.0 Å². The number of methoxy groups -OCH3 is 1. The highest BCUT2D eigenvalue weighted by molar-refractivity contribution is 5.77. The van der Waals surface area contributed by atoms with Gasteiger partial charge in [-0.1, -0.05) is 5.21 Å². The molecular weight excluding hydrogens is 246 g/mol. The molecule has 0 saturated heterocycles. The summed E-state index contributed by atoms with van der Waals surface area (Å²) in [5.41, 5.74) is 7.46. The first-order chi connectivity index (χ1) is 9.30. The normalized spacial score (nSPS) is 11.1. The predicted molar refractivity (Wildman–Crippen MR) is 68.6 cm³/mol. The summed E-state index contributed by atoms with van der Waals surface area (Å²) >= 11 is 0. The van der Waals surface area contributed by atoms with E-state index in [1.165, 1.54) is 0 Å². The predicted octanol–water partition coefficient (Wildman–Crippen LogP) is 1.05. The standard InChI is InChI=1S/C12H13N5O2/c1-18-8-2-3-11-9(6-8)14-12(19-11)10-7-17(5-4-13)16-15-10/h2-3,6-7H,4-5,13H2,1H3. The molecule has 2 aromatic heterocycles. The average molecular weight is 259 g/mol. The number of oxazole rings is 1. The lowest BCUT2D eigenvalue weighted by atomic mass is 10.3. The van der Waals surface area contributed by atoms with Crippen LogP contribution in [0.5, 0.6) is 5.75 Å². The molecule has 1 aromatic carbocycles. The summed E-state index contributed by atoms with van der Waals surface area (Å²) in [6.07, 6.45) is 1.76. The summed E-state index contributed by atoms with van der Waals surface area (Å²) in [7, 11) is 1.61. The highest BCUT2D eigenvalue weighted by Gasteiger charge is 2.12. The third kappa shape index (κ3) is 2.15. The summed E-state index contributed by atoms with van der Waals surface area (Å²) in [6, 6.07) is 5.45. The maximum atomic E-state index is 5.63. The maximum Gasteiger partial charge on any atom is 0.249 e. The lowest BCUT2D eigenvalue weighted by Gasteiger charge is -1.95. The summed E-state index contributed by atoms with van der Waals surface area (Å²) in [5, 5.41) is 7.96. The minimum absolute atomic E-state index is 0.437. The van der Waals surface area contributed by atoms with Crippen molar-refractivity contribution < 1.29 is 9.15 Å². The van der Waals surface area contributed by atoms with Crippen LogP contribution in [0, 0.1) is 0 Å². The van der Waals surface area contributed by atoms with E-state index in [9.17, 15) is 0 Å². The second-order valence-corrected chi connectivity index (χ2v) is 4.01. The molecule has 7 nitrogen and oxygen atoms in total. The molecule has 0 bridgehead atoms. The molecule has 0 saturated carbocycles. The molecule has 3 rings (SSSR count). The maximum absolute atomic E-state index is 5.63. The van der Waals surface area contributed by atoms with Gasteiger partial charge in [0.25, 0.3) is 0 Å². The molecule has 0 amide bonds. The van der Waals surface area contributed by atoms with Crippen LogP contribution in [0.25, 0.3) is 22.7 Å². The molecule has 0 fully saturated rings. The molecule has 0 atom stereocenters. The van der Waals surface area contributed by atoms with Gasteiger partial charge < -0.3 is 14.9 Å². The van der Waals surface area contributed by atoms with E-state index in [4.69, 9.17) is 14.9 Å². The summed E-state index contributed by atoms with van der Waals surface area (Å²) in [6.45, 7) is 1.12. The first-order valence-corrected chi connectivity index (χ1v) is 5.85. The van der Waals surface area contributed by atoms with E-state index in [-0.39, 0.29) is 0 Å². The molecule has 0 aliphatic rings. The third-order valence-electron chi connectivity index (χ3n) is 2.71. The number of ether oxygens (including phenoxy) is 1. The fourth-order valence-electron chi connectivity index (χ4n) is 1.78. The number of fused-ring (bicyclic) bond motifs is 1. The Hall–Kier alpha value is -2.41. The third-order valence-corrected chi connectivity index (χ3v) is 2.71. The Bertz CT molecular complexity index is 703. The van der Waals surface area contributed by atoms with Gasteiger partial charge in [-0.05, 0) is 12.1 Å². The number of rotatable bonds is 4. The molecule has 7 heteroatoms. The second kappa shape index (κ2) is 4.69. The largest absolute Gasteiger partial charge is 0.497 e. The Balaban J connectivity index is 1.99. The zero-order valence-corrected chi connectivity index (χ0v) is 10.4. The van der Waals surface area contributed by atoms with Gasteiger partial charge >= 0.3 is 0 Å². The molecule has 98 valence electrons. The Labute approximate surface area is 109 Å². The second-order valence-electron chi connectivity index (χ2n) is 4.01. The lowest BCUT2D eigenvalue weighted by molar-refractivity contribution is 0.415. The zero-order valence-electron chi connectivity index (χ0n) is 10.4. The molecule has 0 unspecified atom stereocenters. The van der Waals surface area contributed by atoms with Gasteiger partial charge in [0, 0.05) is 12.6 Å². The lowest BCUT2D eigenvalue weighted by Crippen LogP contribution is -2.10. The van der Waals surface area contributed by atoms with Crippen LogP contribution in [0.2, 0.25) is 0 Å². The molecule has 0 aliphatic carbocycles. The number of aromatic nitrogens is 4. The summed E-state index contributed by atoms with van der Waals surface area (Å²) in [4.78, 5) is 4.37. The van der Waals surface area contributed by atoms with Gasteiger partial charge in [0.15, 0.2) is 11.3 Å². The highest BCUT2D eigenvalue weighted by atomic mass is 16.5. The minimum Gasteiger partial charge on any atom is -0.497 e. The van der Waals surface area contributed by atoms with Crippen molar-refractivity contribution in [1.29, 1.82) is 0 Å². The average Bonchev–Trinajstić information content (AvgIpc) is 3.03. The van der Waals surface area contributed by atoms with Crippen molar-refractivity contribution in [3.63, 3.8) is 0 Å². The van der Waals surface area contributed by atoms with E-state index in [2.05, 4.69) is 15.3 Å². The monoisotopic (exact) mass is 259 g/mol. The first kappa shape index (κ1) is 11.7. The fourth-order valence-corrected chi connectivity index (χ4v) is 1.78. The molecule has 2 heterocycles. The molecular formula is C12H13N5O2. The van der Waals surface area contributed by atoms with Crippen LogP contribution >= 0.6 is 0 Å². The molecule has 19 heavy (non-hydrogen) atoms. The van der Waals surface area contributed by atoms with Crippen LogP contribution in [-0.2, 0) is 6.54 Å². The number of hydrogen-bond acceptors (Lipinski definition) is 6. The van der Waals surface area contributed by atoms with Crippen molar-refractivity contribution in [3.05, 3.63) is 24.4 Å². The van der Waals surface area contributed by atoms with Gasteiger partial charge in [-0.25, -0.2) is 4.98 Å². The molecule has 2 N–H and O–H groups in total. The van der Waals surface area contributed by atoms with Crippen LogP contribution in [0.4, 0.5) is 0 Å². The molecule has 3 aromatic rings. The van der Waals surface area contributed by atoms with Gasteiger partial charge in [-0.3, -0.25) is 4.68 Å². The van der Waals surface area contributed by atoms with Crippen molar-refractivity contribution >= 4 is 11.1 Å². The zero-order chi connectivity index (χ0) is 13.2.